The summed E-state index contributed by atoms with van der Waals surface area (Å²) in [4.78, 5) is 5.18. The van der Waals surface area contributed by atoms with E-state index in [1.807, 2.05) is 25.4 Å². The number of hydrogen-bond acceptors (Lipinski definition) is 6. The second-order valence-corrected chi connectivity index (χ2v) is 8.24. The summed E-state index contributed by atoms with van der Waals surface area (Å²) >= 11 is 2.74. The summed E-state index contributed by atoms with van der Waals surface area (Å²) < 4.78 is 27.8. The van der Waals surface area contributed by atoms with Crippen LogP contribution in [0.2, 0.25) is 0 Å². The van der Waals surface area contributed by atoms with Gasteiger partial charge >= 0.3 is 0 Å². The molecular formula is C12H17N3O2S3. The minimum Gasteiger partial charge on any atom is -0.315 e. The monoisotopic (exact) mass is 331 g/mol. The van der Waals surface area contributed by atoms with Crippen LogP contribution in [0, 0.1) is 0 Å². The highest BCUT2D eigenvalue weighted by molar-refractivity contribution is 7.91. The predicted octanol–water partition coefficient (Wildman–Crippen LogP) is 2.35. The van der Waals surface area contributed by atoms with Crippen molar-refractivity contribution in [2.75, 3.05) is 7.05 Å². The average molecular weight is 331 g/mol. The van der Waals surface area contributed by atoms with Crippen LogP contribution in [0.15, 0.2) is 27.9 Å². The second-order valence-electron chi connectivity index (χ2n) is 4.20. The lowest BCUT2D eigenvalue weighted by atomic mass is 10.3. The number of rotatable bonds is 7. The average Bonchev–Trinajstić information content (AvgIpc) is 3.07. The zero-order valence-corrected chi connectivity index (χ0v) is 13.7. The van der Waals surface area contributed by atoms with Crippen LogP contribution >= 0.6 is 22.7 Å². The number of nitrogens with zero attached hydrogens (tertiary/aromatic N) is 1. The number of thiazole rings is 1. The van der Waals surface area contributed by atoms with Gasteiger partial charge in [0.1, 0.15) is 9.22 Å². The van der Waals surface area contributed by atoms with Gasteiger partial charge in [-0.05, 0) is 25.6 Å². The third-order valence-corrected chi connectivity index (χ3v) is 6.65. The first-order valence-electron chi connectivity index (χ1n) is 6.22. The predicted molar refractivity (Wildman–Crippen MR) is 82.6 cm³/mol. The number of thiophene rings is 1. The number of hydrogen-bond donors (Lipinski definition) is 2. The highest BCUT2D eigenvalue weighted by Crippen LogP contribution is 2.25. The van der Waals surface area contributed by atoms with Crippen LogP contribution in [0.4, 0.5) is 0 Å². The van der Waals surface area contributed by atoms with Crippen molar-refractivity contribution >= 4 is 32.7 Å². The Labute approximate surface area is 127 Å². The standard InChI is InChI=1S/C12H17N3O2S3/c1-3-10(12-14-6-7-18-12)15-20(16,17)11-5-4-9(19-11)8-13-2/h4-7,10,13,15H,3,8H2,1-2H3. The van der Waals surface area contributed by atoms with Crippen molar-refractivity contribution in [1.29, 1.82) is 0 Å². The van der Waals surface area contributed by atoms with Crippen molar-refractivity contribution in [2.45, 2.75) is 30.1 Å². The third kappa shape index (κ3) is 3.64. The summed E-state index contributed by atoms with van der Waals surface area (Å²) in [7, 11) is -1.65. The highest BCUT2D eigenvalue weighted by Gasteiger charge is 2.23. The molecule has 0 fully saturated rings. The lowest BCUT2D eigenvalue weighted by Gasteiger charge is -2.13. The van der Waals surface area contributed by atoms with Gasteiger partial charge in [-0.15, -0.1) is 22.7 Å². The Bertz CT molecular complexity index is 635. The van der Waals surface area contributed by atoms with Crippen LogP contribution in [0.5, 0.6) is 0 Å². The van der Waals surface area contributed by atoms with Crippen LogP contribution in [0.1, 0.15) is 29.3 Å². The first-order chi connectivity index (χ1) is 9.56. The van der Waals surface area contributed by atoms with Gasteiger partial charge in [-0.25, -0.2) is 18.1 Å². The van der Waals surface area contributed by atoms with Crippen molar-refractivity contribution < 1.29 is 8.42 Å². The SMILES string of the molecule is CCC(NS(=O)(=O)c1ccc(CNC)s1)c1nccs1. The van der Waals surface area contributed by atoms with Gasteiger partial charge in [-0.2, -0.15) is 0 Å². The van der Waals surface area contributed by atoms with Crippen molar-refractivity contribution in [3.63, 3.8) is 0 Å². The molecule has 1 unspecified atom stereocenters. The van der Waals surface area contributed by atoms with E-state index < -0.39 is 10.0 Å². The van der Waals surface area contributed by atoms with E-state index in [9.17, 15) is 8.42 Å². The largest absolute Gasteiger partial charge is 0.315 e. The maximum Gasteiger partial charge on any atom is 0.250 e. The van der Waals surface area contributed by atoms with E-state index in [2.05, 4.69) is 15.0 Å². The molecule has 2 N–H and O–H groups in total. The fraction of sp³-hybridized carbons (Fsp3) is 0.417. The van der Waals surface area contributed by atoms with E-state index in [1.165, 1.54) is 22.7 Å². The lowest BCUT2D eigenvalue weighted by Crippen LogP contribution is -2.27. The molecule has 0 aliphatic heterocycles. The Morgan fingerprint density at radius 3 is 2.80 bits per heavy atom. The first-order valence-corrected chi connectivity index (χ1v) is 9.39. The second kappa shape index (κ2) is 6.77. The van der Waals surface area contributed by atoms with Crippen molar-refractivity contribution in [3.8, 4) is 0 Å². The molecule has 0 aliphatic rings. The molecule has 2 heterocycles. The van der Waals surface area contributed by atoms with E-state index >= 15 is 0 Å². The molecule has 2 aromatic rings. The Morgan fingerprint density at radius 1 is 1.40 bits per heavy atom. The van der Waals surface area contributed by atoms with Crippen LogP contribution < -0.4 is 10.0 Å². The van der Waals surface area contributed by atoms with Gasteiger partial charge in [-0.3, -0.25) is 0 Å². The van der Waals surface area contributed by atoms with Crippen LogP contribution in [0.25, 0.3) is 0 Å². The number of aromatic nitrogens is 1. The summed E-state index contributed by atoms with van der Waals surface area (Å²) in [5, 5.41) is 5.65. The molecule has 2 aromatic heterocycles. The molecular weight excluding hydrogens is 314 g/mol. The van der Waals surface area contributed by atoms with E-state index in [0.717, 1.165) is 9.88 Å². The molecule has 0 bridgehead atoms. The molecule has 0 spiro atoms. The molecule has 0 aromatic carbocycles. The third-order valence-electron chi connectivity index (χ3n) is 2.71. The normalized spacial score (nSPS) is 13.5. The zero-order chi connectivity index (χ0) is 14.6. The topological polar surface area (TPSA) is 71.1 Å². The fourth-order valence-electron chi connectivity index (χ4n) is 1.73. The van der Waals surface area contributed by atoms with E-state index in [1.54, 1.807) is 12.3 Å². The Kier molecular flexibility index (Phi) is 5.28. The molecule has 0 saturated heterocycles. The van der Waals surface area contributed by atoms with Crippen LogP contribution in [-0.4, -0.2) is 20.4 Å². The van der Waals surface area contributed by atoms with Gasteiger partial charge < -0.3 is 5.32 Å². The van der Waals surface area contributed by atoms with Crippen LogP contribution in [-0.2, 0) is 16.6 Å². The smallest absolute Gasteiger partial charge is 0.250 e. The first kappa shape index (κ1) is 15.6. The summed E-state index contributed by atoms with van der Waals surface area (Å²) in [6, 6.07) is 3.21. The molecule has 0 aliphatic carbocycles. The summed E-state index contributed by atoms with van der Waals surface area (Å²) in [6.07, 6.45) is 2.36. The minimum atomic E-state index is -3.49. The van der Waals surface area contributed by atoms with E-state index in [-0.39, 0.29) is 6.04 Å². The molecule has 0 amide bonds. The molecule has 8 heteroatoms. The summed E-state index contributed by atoms with van der Waals surface area (Å²) in [6.45, 7) is 2.61. The van der Waals surface area contributed by atoms with Gasteiger partial charge in [-0.1, -0.05) is 6.92 Å². The number of nitrogens with one attached hydrogen (secondary N) is 2. The van der Waals surface area contributed by atoms with Crippen LogP contribution in [0.3, 0.4) is 0 Å². The fourth-order valence-corrected chi connectivity index (χ4v) is 5.25. The maximum atomic E-state index is 12.4. The van der Waals surface area contributed by atoms with Crippen molar-refractivity contribution in [3.05, 3.63) is 33.6 Å². The highest BCUT2D eigenvalue weighted by atomic mass is 32.2. The molecule has 0 saturated carbocycles. The Morgan fingerprint density at radius 2 is 2.20 bits per heavy atom. The van der Waals surface area contributed by atoms with Gasteiger partial charge in [0.25, 0.3) is 10.0 Å². The Balaban J connectivity index is 2.17. The summed E-state index contributed by atoms with van der Waals surface area (Å²) in [5.74, 6) is 0. The summed E-state index contributed by atoms with van der Waals surface area (Å²) in [5.41, 5.74) is 0. The molecule has 20 heavy (non-hydrogen) atoms. The maximum absolute atomic E-state index is 12.4. The number of sulfonamides is 1. The van der Waals surface area contributed by atoms with Gasteiger partial charge in [0.15, 0.2) is 0 Å². The van der Waals surface area contributed by atoms with Gasteiger partial charge in [0.2, 0.25) is 0 Å². The van der Waals surface area contributed by atoms with Crippen molar-refractivity contribution in [1.82, 2.24) is 15.0 Å². The Hall–Kier alpha value is -0.800. The molecule has 0 radical (unpaired) electrons. The quantitative estimate of drug-likeness (QED) is 0.817. The van der Waals surface area contributed by atoms with Crippen molar-refractivity contribution in [2.24, 2.45) is 0 Å². The molecule has 110 valence electrons. The van der Waals surface area contributed by atoms with Gasteiger partial charge in [0, 0.05) is 23.0 Å². The molecule has 1 atom stereocenters. The molecule has 2 rings (SSSR count). The lowest BCUT2D eigenvalue weighted by molar-refractivity contribution is 0.551. The zero-order valence-electron chi connectivity index (χ0n) is 11.3. The van der Waals surface area contributed by atoms with Gasteiger partial charge in [0.05, 0.1) is 6.04 Å². The minimum absolute atomic E-state index is 0.269. The van der Waals surface area contributed by atoms with E-state index in [0.29, 0.717) is 17.2 Å². The van der Waals surface area contributed by atoms with E-state index in [4.69, 9.17) is 0 Å². The molecule has 5 nitrogen and oxygen atoms in total.